The SMILES string of the molecule is COCCn1ncc(Br)c1C(O)c1ccccc1SC. The second-order valence-electron chi connectivity index (χ2n) is 4.24. The van der Waals surface area contributed by atoms with Crippen LogP contribution < -0.4 is 0 Å². The minimum atomic E-state index is -0.715. The van der Waals surface area contributed by atoms with E-state index in [1.165, 1.54) is 0 Å². The van der Waals surface area contributed by atoms with Crippen molar-refractivity contribution in [2.75, 3.05) is 20.0 Å². The average molecular weight is 357 g/mol. The molecule has 1 heterocycles. The molecule has 1 aromatic heterocycles. The van der Waals surface area contributed by atoms with E-state index in [-0.39, 0.29) is 0 Å². The highest BCUT2D eigenvalue weighted by atomic mass is 79.9. The topological polar surface area (TPSA) is 47.3 Å². The van der Waals surface area contributed by atoms with Gasteiger partial charge in [-0.05, 0) is 28.3 Å². The van der Waals surface area contributed by atoms with Crippen LogP contribution in [0.4, 0.5) is 0 Å². The number of ether oxygens (including phenoxy) is 1. The summed E-state index contributed by atoms with van der Waals surface area (Å²) < 4.78 is 7.65. The molecule has 1 atom stereocenters. The van der Waals surface area contributed by atoms with Crippen molar-refractivity contribution in [1.82, 2.24) is 9.78 Å². The minimum Gasteiger partial charge on any atom is -0.383 e. The lowest BCUT2D eigenvalue weighted by Crippen LogP contribution is -2.14. The number of thioether (sulfide) groups is 1. The Labute approximate surface area is 131 Å². The molecule has 1 unspecified atom stereocenters. The predicted molar refractivity (Wildman–Crippen MR) is 84.1 cm³/mol. The van der Waals surface area contributed by atoms with Gasteiger partial charge in [0.2, 0.25) is 0 Å². The zero-order chi connectivity index (χ0) is 14.5. The highest BCUT2D eigenvalue weighted by molar-refractivity contribution is 9.10. The molecule has 0 bridgehead atoms. The fourth-order valence-electron chi connectivity index (χ4n) is 2.04. The molecule has 0 amide bonds. The number of hydrogen-bond acceptors (Lipinski definition) is 4. The maximum Gasteiger partial charge on any atom is 0.123 e. The standard InChI is InChI=1S/C14H17BrN2O2S/c1-19-8-7-17-13(11(15)9-16-17)14(18)10-5-3-4-6-12(10)20-2/h3-6,9,14,18H,7-8H2,1-2H3. The van der Waals surface area contributed by atoms with Gasteiger partial charge in [0.1, 0.15) is 6.10 Å². The summed E-state index contributed by atoms with van der Waals surface area (Å²) in [6.07, 6.45) is 2.99. The number of aromatic nitrogens is 2. The van der Waals surface area contributed by atoms with Crippen LogP contribution in [-0.4, -0.2) is 34.9 Å². The summed E-state index contributed by atoms with van der Waals surface area (Å²) in [5.74, 6) is 0. The number of benzene rings is 1. The quantitative estimate of drug-likeness (QED) is 0.807. The molecule has 1 aromatic carbocycles. The second kappa shape index (κ2) is 7.26. The van der Waals surface area contributed by atoms with Crippen molar-refractivity contribution in [2.24, 2.45) is 0 Å². The normalized spacial score (nSPS) is 12.6. The summed E-state index contributed by atoms with van der Waals surface area (Å²) in [7, 11) is 1.65. The summed E-state index contributed by atoms with van der Waals surface area (Å²) in [5, 5.41) is 15.0. The van der Waals surface area contributed by atoms with Gasteiger partial charge in [-0.1, -0.05) is 18.2 Å². The summed E-state index contributed by atoms with van der Waals surface area (Å²) in [5.41, 5.74) is 1.64. The summed E-state index contributed by atoms with van der Waals surface area (Å²) >= 11 is 5.08. The predicted octanol–water partition coefficient (Wildman–Crippen LogP) is 3.10. The van der Waals surface area contributed by atoms with Gasteiger partial charge in [-0.3, -0.25) is 4.68 Å². The third-order valence-corrected chi connectivity index (χ3v) is 4.46. The maximum atomic E-state index is 10.7. The average Bonchev–Trinajstić information content (AvgIpc) is 2.85. The van der Waals surface area contributed by atoms with Crippen molar-refractivity contribution < 1.29 is 9.84 Å². The Kier molecular flexibility index (Phi) is 5.65. The Morgan fingerprint density at radius 3 is 2.90 bits per heavy atom. The van der Waals surface area contributed by atoms with Gasteiger partial charge < -0.3 is 9.84 Å². The van der Waals surface area contributed by atoms with E-state index in [4.69, 9.17) is 4.74 Å². The summed E-state index contributed by atoms with van der Waals surface area (Å²) in [6, 6.07) is 7.85. The van der Waals surface area contributed by atoms with Gasteiger partial charge in [0.15, 0.2) is 0 Å². The molecule has 0 fully saturated rings. The molecule has 0 spiro atoms. The molecule has 0 aliphatic heterocycles. The molecule has 1 N–H and O–H groups in total. The lowest BCUT2D eigenvalue weighted by molar-refractivity contribution is 0.170. The number of aliphatic hydroxyl groups is 1. The first-order valence-corrected chi connectivity index (χ1v) is 8.22. The Bertz CT molecular complexity index is 574. The molecule has 0 radical (unpaired) electrons. The van der Waals surface area contributed by atoms with E-state index < -0.39 is 6.10 Å². The molecule has 0 saturated heterocycles. The first-order chi connectivity index (χ1) is 9.69. The fraction of sp³-hybridized carbons (Fsp3) is 0.357. The Hall–Kier alpha value is -0.820. The Morgan fingerprint density at radius 2 is 2.20 bits per heavy atom. The van der Waals surface area contributed by atoms with Crippen LogP contribution in [0.2, 0.25) is 0 Å². The van der Waals surface area contributed by atoms with Crippen molar-refractivity contribution in [3.8, 4) is 0 Å². The Morgan fingerprint density at radius 1 is 1.45 bits per heavy atom. The molecule has 4 nitrogen and oxygen atoms in total. The van der Waals surface area contributed by atoms with E-state index in [1.54, 1.807) is 29.8 Å². The lowest BCUT2D eigenvalue weighted by Gasteiger charge is -2.17. The van der Waals surface area contributed by atoms with Crippen LogP contribution in [0.5, 0.6) is 0 Å². The van der Waals surface area contributed by atoms with Crippen molar-refractivity contribution in [3.63, 3.8) is 0 Å². The van der Waals surface area contributed by atoms with E-state index >= 15 is 0 Å². The van der Waals surface area contributed by atoms with E-state index in [0.29, 0.717) is 13.2 Å². The number of nitrogens with zero attached hydrogens (tertiary/aromatic N) is 2. The molecule has 2 rings (SSSR count). The van der Waals surface area contributed by atoms with Crippen LogP contribution >= 0.6 is 27.7 Å². The number of halogens is 1. The lowest BCUT2D eigenvalue weighted by atomic mass is 10.1. The van der Waals surface area contributed by atoms with Crippen molar-refractivity contribution in [2.45, 2.75) is 17.5 Å². The van der Waals surface area contributed by atoms with Crippen LogP contribution in [0.25, 0.3) is 0 Å². The molecule has 0 saturated carbocycles. The maximum absolute atomic E-state index is 10.7. The fourth-order valence-corrected chi connectivity index (χ4v) is 3.18. The van der Waals surface area contributed by atoms with E-state index in [2.05, 4.69) is 21.0 Å². The van der Waals surface area contributed by atoms with Gasteiger partial charge in [0.05, 0.1) is 29.5 Å². The van der Waals surface area contributed by atoms with Crippen LogP contribution in [0.1, 0.15) is 17.4 Å². The smallest absolute Gasteiger partial charge is 0.123 e. The highest BCUT2D eigenvalue weighted by Gasteiger charge is 2.21. The number of methoxy groups -OCH3 is 1. The van der Waals surface area contributed by atoms with E-state index in [0.717, 1.165) is 20.6 Å². The number of aliphatic hydroxyl groups excluding tert-OH is 1. The Balaban J connectivity index is 2.37. The molecule has 0 aliphatic rings. The van der Waals surface area contributed by atoms with Gasteiger partial charge in [0, 0.05) is 17.6 Å². The van der Waals surface area contributed by atoms with Gasteiger partial charge in [-0.2, -0.15) is 5.10 Å². The first-order valence-electron chi connectivity index (χ1n) is 6.20. The van der Waals surface area contributed by atoms with Crippen molar-refractivity contribution in [1.29, 1.82) is 0 Å². The molecule has 20 heavy (non-hydrogen) atoms. The second-order valence-corrected chi connectivity index (χ2v) is 5.94. The highest BCUT2D eigenvalue weighted by Crippen LogP contribution is 2.33. The summed E-state index contributed by atoms with van der Waals surface area (Å²) in [4.78, 5) is 1.06. The monoisotopic (exact) mass is 356 g/mol. The zero-order valence-corrected chi connectivity index (χ0v) is 13.8. The van der Waals surface area contributed by atoms with Gasteiger partial charge in [-0.25, -0.2) is 0 Å². The van der Waals surface area contributed by atoms with Gasteiger partial charge in [0.25, 0.3) is 0 Å². The van der Waals surface area contributed by atoms with Crippen molar-refractivity contribution in [3.05, 3.63) is 46.2 Å². The minimum absolute atomic E-state index is 0.554. The van der Waals surface area contributed by atoms with Crippen molar-refractivity contribution >= 4 is 27.7 Å². The first kappa shape index (κ1) is 15.6. The molecule has 0 aliphatic carbocycles. The molecule has 108 valence electrons. The third kappa shape index (κ3) is 3.25. The summed E-state index contributed by atoms with van der Waals surface area (Å²) in [6.45, 7) is 1.16. The molecular formula is C14H17BrN2O2S. The van der Waals surface area contributed by atoms with Crippen LogP contribution in [0, 0.1) is 0 Å². The van der Waals surface area contributed by atoms with Crippen LogP contribution in [0.3, 0.4) is 0 Å². The number of rotatable bonds is 6. The van der Waals surface area contributed by atoms with Gasteiger partial charge >= 0.3 is 0 Å². The van der Waals surface area contributed by atoms with Crippen LogP contribution in [0.15, 0.2) is 39.8 Å². The van der Waals surface area contributed by atoms with Crippen LogP contribution in [-0.2, 0) is 11.3 Å². The largest absolute Gasteiger partial charge is 0.383 e. The molecule has 6 heteroatoms. The molecule has 2 aromatic rings. The van der Waals surface area contributed by atoms with E-state index in [1.807, 2.05) is 30.5 Å². The van der Waals surface area contributed by atoms with Gasteiger partial charge in [-0.15, -0.1) is 11.8 Å². The third-order valence-electron chi connectivity index (χ3n) is 3.03. The zero-order valence-electron chi connectivity index (χ0n) is 11.4. The molecular weight excluding hydrogens is 340 g/mol. The van der Waals surface area contributed by atoms with E-state index in [9.17, 15) is 5.11 Å². The number of hydrogen-bond donors (Lipinski definition) is 1.